The molecule has 4 nitrogen and oxygen atoms in total. The number of pyridine rings is 1. The first-order chi connectivity index (χ1) is 7.74. The number of hydrogen-bond acceptors (Lipinski definition) is 4. The van der Waals surface area contributed by atoms with Crippen molar-refractivity contribution in [3.05, 3.63) is 40.1 Å². The van der Waals surface area contributed by atoms with E-state index in [1.807, 2.05) is 12.1 Å². The van der Waals surface area contributed by atoms with Gasteiger partial charge in [0.2, 0.25) is 5.91 Å². The lowest BCUT2D eigenvalue weighted by Gasteiger charge is -2.00. The van der Waals surface area contributed by atoms with Gasteiger partial charge in [0.1, 0.15) is 0 Å². The Kier molecular flexibility index (Phi) is 3.63. The highest BCUT2D eigenvalue weighted by Gasteiger charge is 2.06. The van der Waals surface area contributed by atoms with Crippen LogP contribution in [0.3, 0.4) is 0 Å². The molecule has 16 heavy (non-hydrogen) atoms. The molecule has 0 atom stereocenters. The highest BCUT2D eigenvalue weighted by molar-refractivity contribution is 9.11. The quantitative estimate of drug-likeness (QED) is 0.947. The number of anilines is 1. The molecule has 2 rings (SSSR count). The van der Waals surface area contributed by atoms with E-state index in [-0.39, 0.29) is 5.91 Å². The number of nitrogens with one attached hydrogen (secondary N) is 1. The first-order valence-electron chi connectivity index (χ1n) is 4.54. The fraction of sp³-hybridized carbons (Fsp3) is 0.100. The van der Waals surface area contributed by atoms with E-state index in [0.29, 0.717) is 11.6 Å². The smallest absolute Gasteiger partial charge is 0.230 e. The molecule has 0 aliphatic carbocycles. The maximum Gasteiger partial charge on any atom is 0.230 e. The highest BCUT2D eigenvalue weighted by Crippen LogP contribution is 2.23. The fourth-order valence-electron chi connectivity index (χ4n) is 1.16. The van der Waals surface area contributed by atoms with Gasteiger partial charge in [0, 0.05) is 12.4 Å². The van der Waals surface area contributed by atoms with Crippen molar-refractivity contribution in [3.8, 4) is 0 Å². The molecule has 2 aromatic heterocycles. The third kappa shape index (κ3) is 3.11. The molecule has 6 heteroatoms. The molecular formula is C10H8BrN3OS. The molecule has 0 aromatic carbocycles. The minimum absolute atomic E-state index is 0.0881. The topological polar surface area (TPSA) is 54.9 Å². The summed E-state index contributed by atoms with van der Waals surface area (Å²) in [6.07, 6.45) is 5.33. The third-order valence-electron chi connectivity index (χ3n) is 1.81. The van der Waals surface area contributed by atoms with Crippen molar-refractivity contribution in [2.24, 2.45) is 0 Å². The number of carbonyl (C=O) groups excluding carboxylic acids is 1. The highest BCUT2D eigenvalue weighted by atomic mass is 79.9. The summed E-state index contributed by atoms with van der Waals surface area (Å²) in [6, 6.07) is 3.67. The number of rotatable bonds is 3. The molecule has 82 valence electrons. The van der Waals surface area contributed by atoms with Crippen molar-refractivity contribution in [3.63, 3.8) is 0 Å². The summed E-state index contributed by atoms with van der Waals surface area (Å²) < 4.78 is 0.893. The summed E-state index contributed by atoms with van der Waals surface area (Å²) in [5.74, 6) is -0.0881. The summed E-state index contributed by atoms with van der Waals surface area (Å²) >= 11 is 4.67. The Bertz CT molecular complexity index is 486. The van der Waals surface area contributed by atoms with Gasteiger partial charge >= 0.3 is 0 Å². The lowest BCUT2D eigenvalue weighted by Crippen LogP contribution is -2.14. The molecule has 0 fully saturated rings. The molecule has 1 N–H and O–H groups in total. The monoisotopic (exact) mass is 297 g/mol. The van der Waals surface area contributed by atoms with E-state index in [4.69, 9.17) is 0 Å². The van der Waals surface area contributed by atoms with Crippen LogP contribution in [-0.4, -0.2) is 15.9 Å². The van der Waals surface area contributed by atoms with Gasteiger partial charge in [-0.15, -0.1) is 0 Å². The normalized spacial score (nSPS) is 10.1. The van der Waals surface area contributed by atoms with Gasteiger partial charge in [0.25, 0.3) is 0 Å². The molecule has 0 saturated carbocycles. The number of thiazole rings is 1. The van der Waals surface area contributed by atoms with Crippen molar-refractivity contribution >= 4 is 38.3 Å². The number of halogens is 1. The van der Waals surface area contributed by atoms with Crippen molar-refractivity contribution in [2.75, 3.05) is 5.32 Å². The summed E-state index contributed by atoms with van der Waals surface area (Å²) in [4.78, 5) is 19.6. The van der Waals surface area contributed by atoms with Crippen LogP contribution < -0.4 is 5.32 Å². The van der Waals surface area contributed by atoms with Gasteiger partial charge in [-0.3, -0.25) is 9.78 Å². The minimum Gasteiger partial charge on any atom is -0.302 e. The van der Waals surface area contributed by atoms with E-state index in [0.717, 1.165) is 9.35 Å². The largest absolute Gasteiger partial charge is 0.302 e. The first kappa shape index (κ1) is 11.2. The zero-order chi connectivity index (χ0) is 11.4. The summed E-state index contributed by atoms with van der Waals surface area (Å²) in [6.45, 7) is 0. The number of aromatic nitrogens is 2. The van der Waals surface area contributed by atoms with Crippen molar-refractivity contribution in [1.29, 1.82) is 0 Å². The molecule has 0 saturated heterocycles. The molecule has 1 amide bonds. The number of amides is 1. The van der Waals surface area contributed by atoms with Crippen LogP contribution in [-0.2, 0) is 11.2 Å². The van der Waals surface area contributed by atoms with Crippen molar-refractivity contribution < 1.29 is 4.79 Å². The summed E-state index contributed by atoms with van der Waals surface area (Å²) in [5.41, 5.74) is 0.885. The molecule has 0 bridgehead atoms. The van der Waals surface area contributed by atoms with E-state index >= 15 is 0 Å². The number of nitrogens with zero attached hydrogens (tertiary/aromatic N) is 2. The Morgan fingerprint density at radius 3 is 3.00 bits per heavy atom. The number of carbonyl (C=O) groups is 1. The van der Waals surface area contributed by atoms with E-state index in [9.17, 15) is 4.79 Å². The first-order valence-corrected chi connectivity index (χ1v) is 6.15. The van der Waals surface area contributed by atoms with Crippen LogP contribution in [0.2, 0.25) is 0 Å². The second kappa shape index (κ2) is 5.18. The second-order valence-electron chi connectivity index (χ2n) is 3.06. The van der Waals surface area contributed by atoms with Crippen LogP contribution in [0.15, 0.2) is 34.5 Å². The maximum absolute atomic E-state index is 11.6. The Hall–Kier alpha value is -1.27. The molecule has 0 spiro atoms. The third-order valence-corrected chi connectivity index (χ3v) is 3.20. The molecule has 2 aromatic rings. The van der Waals surface area contributed by atoms with Gasteiger partial charge in [-0.2, -0.15) is 0 Å². The average molecular weight is 298 g/mol. The van der Waals surface area contributed by atoms with Gasteiger partial charge in [-0.25, -0.2) is 4.98 Å². The van der Waals surface area contributed by atoms with E-state index in [2.05, 4.69) is 31.2 Å². The Balaban J connectivity index is 1.95. The van der Waals surface area contributed by atoms with E-state index < -0.39 is 0 Å². The van der Waals surface area contributed by atoms with E-state index in [1.165, 1.54) is 11.3 Å². The second-order valence-corrected chi connectivity index (χ2v) is 5.47. The summed E-state index contributed by atoms with van der Waals surface area (Å²) in [5, 5.41) is 3.32. The van der Waals surface area contributed by atoms with Crippen LogP contribution in [0.4, 0.5) is 5.13 Å². The zero-order valence-corrected chi connectivity index (χ0v) is 10.6. The molecule has 0 aliphatic rings. The van der Waals surface area contributed by atoms with Gasteiger partial charge in [-0.1, -0.05) is 17.4 Å². The van der Waals surface area contributed by atoms with Gasteiger partial charge in [-0.05, 0) is 27.6 Å². The molecule has 0 unspecified atom stereocenters. The van der Waals surface area contributed by atoms with Gasteiger partial charge in [0.05, 0.1) is 16.4 Å². The predicted molar refractivity (Wildman–Crippen MR) is 66.4 cm³/mol. The molecule has 2 heterocycles. The average Bonchev–Trinajstić information content (AvgIpc) is 2.65. The van der Waals surface area contributed by atoms with Crippen LogP contribution in [0, 0.1) is 0 Å². The SMILES string of the molecule is O=C(Cc1cccnc1)Nc1ncc(Br)s1. The lowest BCUT2D eigenvalue weighted by atomic mass is 10.2. The molecular weight excluding hydrogens is 290 g/mol. The van der Waals surface area contributed by atoms with Crippen LogP contribution >= 0.6 is 27.3 Å². The van der Waals surface area contributed by atoms with Gasteiger partial charge in [0.15, 0.2) is 5.13 Å². The van der Waals surface area contributed by atoms with Crippen LogP contribution in [0.25, 0.3) is 0 Å². The fourth-order valence-corrected chi connectivity index (χ4v) is 2.29. The van der Waals surface area contributed by atoms with Gasteiger partial charge < -0.3 is 5.32 Å². The van der Waals surface area contributed by atoms with Crippen LogP contribution in [0.1, 0.15) is 5.56 Å². The standard InChI is InChI=1S/C10H8BrN3OS/c11-8-6-13-10(16-8)14-9(15)4-7-2-1-3-12-5-7/h1-3,5-6H,4H2,(H,13,14,15). The van der Waals surface area contributed by atoms with Crippen molar-refractivity contribution in [2.45, 2.75) is 6.42 Å². The Morgan fingerprint density at radius 2 is 2.38 bits per heavy atom. The Labute approximate surface area is 105 Å². The Morgan fingerprint density at radius 1 is 1.50 bits per heavy atom. The predicted octanol–water partition coefficient (Wildman–Crippen LogP) is 2.48. The maximum atomic E-state index is 11.6. The van der Waals surface area contributed by atoms with E-state index in [1.54, 1.807) is 18.6 Å². The minimum atomic E-state index is -0.0881. The van der Waals surface area contributed by atoms with Crippen LogP contribution in [0.5, 0.6) is 0 Å². The van der Waals surface area contributed by atoms with Crippen molar-refractivity contribution in [1.82, 2.24) is 9.97 Å². The number of hydrogen-bond donors (Lipinski definition) is 1. The summed E-state index contributed by atoms with van der Waals surface area (Å²) in [7, 11) is 0. The lowest BCUT2D eigenvalue weighted by molar-refractivity contribution is -0.115. The molecule has 0 radical (unpaired) electrons. The molecule has 0 aliphatic heterocycles. The zero-order valence-electron chi connectivity index (χ0n) is 8.18.